The van der Waals surface area contributed by atoms with Crippen molar-refractivity contribution >= 4 is 33.8 Å². The second-order valence-electron chi connectivity index (χ2n) is 8.55. The Morgan fingerprint density at radius 3 is 2.64 bits per heavy atom. The first-order valence-electron chi connectivity index (χ1n) is 11.7. The molecule has 0 unspecified atom stereocenters. The topological polar surface area (TPSA) is 125 Å². The first kappa shape index (κ1) is 25.7. The predicted octanol–water partition coefficient (Wildman–Crippen LogP) is 5.24. The Labute approximate surface area is 217 Å². The van der Waals surface area contributed by atoms with Gasteiger partial charge in [-0.2, -0.15) is 5.10 Å². The number of benzene rings is 3. The van der Waals surface area contributed by atoms with Crippen LogP contribution in [0, 0.1) is 5.82 Å². The third kappa shape index (κ3) is 5.66. The summed E-state index contributed by atoms with van der Waals surface area (Å²) in [6.45, 7) is 2.22. The molecule has 0 atom stereocenters. The number of alkyl halides is 3. The van der Waals surface area contributed by atoms with Gasteiger partial charge in [-0.25, -0.2) is 19.3 Å². The van der Waals surface area contributed by atoms with Crippen molar-refractivity contribution in [3.05, 3.63) is 82.0 Å². The summed E-state index contributed by atoms with van der Waals surface area (Å²) in [6, 6.07) is 12.4. The highest BCUT2D eigenvalue weighted by Crippen LogP contribution is 2.30. The van der Waals surface area contributed by atoms with Crippen LogP contribution in [0.3, 0.4) is 0 Å². The standard InChI is InChI=1S/C26H20F4N6O3/c1-2-31-25(38)34-24-32-20-8-4-14(11-22(20)33-24)17-9-13(3-7-19(17)27)10-21-18-12-15(39-26(28,29)30)5-6-16(18)23(37)36-35-21/h3-9,11-12H,2,10H2,1H3,(H,36,37)(H3,31,32,33,34,38). The lowest BCUT2D eigenvalue weighted by Crippen LogP contribution is -2.28. The molecule has 0 bridgehead atoms. The molecule has 0 radical (unpaired) electrons. The van der Waals surface area contributed by atoms with E-state index in [9.17, 15) is 27.2 Å². The van der Waals surface area contributed by atoms with E-state index in [1.54, 1.807) is 31.2 Å². The molecule has 2 aromatic heterocycles. The van der Waals surface area contributed by atoms with Crippen molar-refractivity contribution in [3.63, 3.8) is 0 Å². The number of H-pyrrole nitrogens is 2. The molecule has 9 nitrogen and oxygen atoms in total. The van der Waals surface area contributed by atoms with Gasteiger partial charge in [-0.1, -0.05) is 12.1 Å². The number of aromatic amines is 2. The van der Waals surface area contributed by atoms with Crippen molar-refractivity contribution in [2.45, 2.75) is 19.7 Å². The largest absolute Gasteiger partial charge is 0.573 e. The maximum Gasteiger partial charge on any atom is 0.573 e. The third-order valence-electron chi connectivity index (χ3n) is 5.84. The van der Waals surface area contributed by atoms with Crippen LogP contribution >= 0.6 is 0 Å². The van der Waals surface area contributed by atoms with Gasteiger partial charge in [0.2, 0.25) is 5.95 Å². The lowest BCUT2D eigenvalue weighted by atomic mass is 9.98. The van der Waals surface area contributed by atoms with Crippen molar-refractivity contribution in [2.75, 3.05) is 11.9 Å². The van der Waals surface area contributed by atoms with Crippen LogP contribution in [0.25, 0.3) is 32.9 Å². The van der Waals surface area contributed by atoms with Gasteiger partial charge in [0.05, 0.1) is 22.1 Å². The zero-order chi connectivity index (χ0) is 27.7. The number of carbonyl (C=O) groups excluding carboxylic acids is 1. The molecule has 39 heavy (non-hydrogen) atoms. The van der Waals surface area contributed by atoms with Gasteiger partial charge in [0.25, 0.3) is 5.56 Å². The number of fused-ring (bicyclic) bond motifs is 2. The van der Waals surface area contributed by atoms with Gasteiger partial charge in [0, 0.05) is 23.9 Å². The fraction of sp³-hybridized carbons (Fsp3) is 0.154. The molecule has 0 saturated carbocycles. The van der Waals surface area contributed by atoms with E-state index in [0.717, 1.165) is 12.1 Å². The van der Waals surface area contributed by atoms with Crippen molar-refractivity contribution in [2.24, 2.45) is 0 Å². The minimum Gasteiger partial charge on any atom is -0.406 e. The van der Waals surface area contributed by atoms with Crippen LogP contribution in [0.15, 0.2) is 59.4 Å². The number of ether oxygens (including phenoxy) is 1. The molecule has 0 aliphatic heterocycles. The molecular formula is C26H20F4N6O3. The lowest BCUT2D eigenvalue weighted by molar-refractivity contribution is -0.274. The molecule has 0 aliphatic rings. The molecule has 4 N–H and O–H groups in total. The average Bonchev–Trinajstić information content (AvgIpc) is 3.27. The smallest absolute Gasteiger partial charge is 0.406 e. The molecule has 0 saturated heterocycles. The Bertz CT molecular complexity index is 1760. The zero-order valence-electron chi connectivity index (χ0n) is 20.2. The second kappa shape index (κ2) is 10.1. The molecule has 0 aliphatic carbocycles. The number of halogens is 4. The second-order valence-corrected chi connectivity index (χ2v) is 8.55. The molecule has 5 aromatic rings. The van der Waals surface area contributed by atoms with Gasteiger partial charge in [0.1, 0.15) is 11.6 Å². The van der Waals surface area contributed by atoms with Crippen LogP contribution in [0.5, 0.6) is 5.75 Å². The summed E-state index contributed by atoms with van der Waals surface area (Å²) in [5.41, 5.74) is 2.19. The van der Waals surface area contributed by atoms with Gasteiger partial charge in [-0.3, -0.25) is 10.1 Å². The van der Waals surface area contributed by atoms with Crippen LogP contribution < -0.4 is 20.9 Å². The fourth-order valence-electron chi connectivity index (χ4n) is 4.17. The van der Waals surface area contributed by atoms with E-state index in [-0.39, 0.29) is 34.4 Å². The monoisotopic (exact) mass is 540 g/mol. The summed E-state index contributed by atoms with van der Waals surface area (Å²) in [5, 5.41) is 11.9. The summed E-state index contributed by atoms with van der Waals surface area (Å²) >= 11 is 0. The van der Waals surface area contributed by atoms with Crippen LogP contribution in [-0.2, 0) is 6.42 Å². The maximum atomic E-state index is 14.9. The van der Waals surface area contributed by atoms with Gasteiger partial charge in [-0.15, -0.1) is 13.2 Å². The quantitative estimate of drug-likeness (QED) is 0.219. The number of anilines is 1. The maximum absolute atomic E-state index is 14.9. The van der Waals surface area contributed by atoms with E-state index >= 15 is 0 Å². The number of nitrogens with zero attached hydrogens (tertiary/aromatic N) is 2. The number of aromatic nitrogens is 4. The highest BCUT2D eigenvalue weighted by Gasteiger charge is 2.31. The number of nitrogens with one attached hydrogen (secondary N) is 4. The van der Waals surface area contributed by atoms with Crippen molar-refractivity contribution < 1.29 is 27.1 Å². The van der Waals surface area contributed by atoms with Crippen molar-refractivity contribution in [1.29, 1.82) is 0 Å². The van der Waals surface area contributed by atoms with E-state index in [1.165, 1.54) is 18.2 Å². The highest BCUT2D eigenvalue weighted by molar-refractivity contribution is 5.91. The Balaban J connectivity index is 1.48. The van der Waals surface area contributed by atoms with Crippen LogP contribution in [0.1, 0.15) is 18.2 Å². The SMILES string of the molecule is CCNC(=O)Nc1nc2cc(-c3cc(Cc4n[nH]c(=O)c5ccc(OC(F)(F)F)cc45)ccc3F)ccc2[nH]1. The lowest BCUT2D eigenvalue weighted by Gasteiger charge is -2.11. The van der Waals surface area contributed by atoms with Gasteiger partial charge in [0.15, 0.2) is 0 Å². The number of hydrogen-bond acceptors (Lipinski definition) is 5. The summed E-state index contributed by atoms with van der Waals surface area (Å²) in [4.78, 5) is 31.3. The Kier molecular flexibility index (Phi) is 6.64. The van der Waals surface area contributed by atoms with Crippen LogP contribution in [0.2, 0.25) is 0 Å². The fourth-order valence-corrected chi connectivity index (χ4v) is 4.17. The summed E-state index contributed by atoms with van der Waals surface area (Å²) in [5.74, 6) is -0.765. The van der Waals surface area contributed by atoms with E-state index in [4.69, 9.17) is 0 Å². The normalized spacial score (nSPS) is 11.6. The Hall–Kier alpha value is -4.94. The van der Waals surface area contributed by atoms with E-state index in [2.05, 4.69) is 35.5 Å². The average molecular weight is 540 g/mol. The molecule has 2 heterocycles. The third-order valence-corrected chi connectivity index (χ3v) is 5.84. The molecule has 0 spiro atoms. The summed E-state index contributed by atoms with van der Waals surface area (Å²) in [7, 11) is 0. The number of hydrogen-bond donors (Lipinski definition) is 4. The van der Waals surface area contributed by atoms with Crippen LogP contribution in [-0.4, -0.2) is 39.1 Å². The minimum atomic E-state index is -4.90. The first-order valence-corrected chi connectivity index (χ1v) is 11.7. The minimum absolute atomic E-state index is 0.0846. The first-order chi connectivity index (χ1) is 18.6. The number of rotatable bonds is 6. The number of amides is 2. The molecule has 5 rings (SSSR count). The van der Waals surface area contributed by atoms with E-state index < -0.39 is 29.5 Å². The summed E-state index contributed by atoms with van der Waals surface area (Å²) in [6.07, 6.45) is -4.82. The molecule has 13 heteroatoms. The Morgan fingerprint density at radius 2 is 1.87 bits per heavy atom. The summed E-state index contributed by atoms with van der Waals surface area (Å²) < 4.78 is 57.1. The zero-order valence-corrected chi connectivity index (χ0v) is 20.2. The highest BCUT2D eigenvalue weighted by atomic mass is 19.4. The number of carbonyl (C=O) groups is 1. The van der Waals surface area contributed by atoms with Crippen molar-refractivity contribution in [3.8, 4) is 16.9 Å². The van der Waals surface area contributed by atoms with Gasteiger partial charge < -0.3 is 15.0 Å². The molecule has 200 valence electrons. The molecule has 0 fully saturated rings. The predicted molar refractivity (Wildman–Crippen MR) is 136 cm³/mol. The van der Waals surface area contributed by atoms with E-state index in [0.29, 0.717) is 28.7 Å². The molecular weight excluding hydrogens is 520 g/mol. The van der Waals surface area contributed by atoms with Crippen LogP contribution in [0.4, 0.5) is 28.3 Å². The van der Waals surface area contributed by atoms with Gasteiger partial charge >= 0.3 is 12.4 Å². The number of imidazole rings is 1. The van der Waals surface area contributed by atoms with Gasteiger partial charge in [-0.05, 0) is 60.5 Å². The molecule has 3 aromatic carbocycles. The van der Waals surface area contributed by atoms with Crippen molar-refractivity contribution in [1.82, 2.24) is 25.5 Å². The Morgan fingerprint density at radius 1 is 1.05 bits per heavy atom. The number of urea groups is 1. The van der Waals surface area contributed by atoms with E-state index in [1.807, 2.05) is 0 Å². The molecule has 2 amide bonds.